The maximum absolute atomic E-state index is 12.4. The molecule has 1 saturated carbocycles. The molecule has 0 bridgehead atoms. The predicted molar refractivity (Wildman–Crippen MR) is 289 cm³/mol. The summed E-state index contributed by atoms with van der Waals surface area (Å²) in [6.07, 6.45) is 7.89. The monoisotopic (exact) mass is 1130 g/mol. The Morgan fingerprint density at radius 3 is 0.840 bits per heavy atom. The Hall–Kier alpha value is -8.22. The van der Waals surface area contributed by atoms with Crippen LogP contribution in [0.25, 0.3) is 0 Å². The molecule has 6 aromatic carbocycles. The van der Waals surface area contributed by atoms with Crippen LogP contribution < -0.4 is 42.5 Å². The van der Waals surface area contributed by atoms with Crippen LogP contribution >= 0.6 is 15.8 Å². The fourth-order valence-corrected chi connectivity index (χ4v) is 12.8. The molecular formula is C56H48N6O10P2Ru. The third kappa shape index (κ3) is 15.2. The summed E-state index contributed by atoms with van der Waals surface area (Å²) < 4.78 is 0. The number of hydrogen-bond donors (Lipinski definition) is 2. The van der Waals surface area contributed by atoms with E-state index in [0.29, 0.717) is 25.0 Å². The van der Waals surface area contributed by atoms with Crippen LogP contribution in [0.4, 0.5) is 0 Å². The Labute approximate surface area is 447 Å². The Kier molecular flexibility index (Phi) is 20.7. The van der Waals surface area contributed by atoms with Crippen molar-refractivity contribution in [1.29, 1.82) is 0 Å². The molecule has 16 nitrogen and oxygen atoms in total. The van der Waals surface area contributed by atoms with Crippen molar-refractivity contribution in [2.24, 2.45) is 0 Å². The van der Waals surface area contributed by atoms with Crippen molar-refractivity contribution in [3.05, 3.63) is 293 Å². The molecule has 6 aromatic rings. The Morgan fingerprint density at radius 2 is 0.627 bits per heavy atom. The van der Waals surface area contributed by atoms with Crippen molar-refractivity contribution in [1.82, 2.24) is 10.6 Å². The number of carbonyl (C=O) groups is 2. The van der Waals surface area contributed by atoms with Gasteiger partial charge in [0.2, 0.25) is 0 Å². The third-order valence-corrected chi connectivity index (χ3v) is 16.6. The van der Waals surface area contributed by atoms with Gasteiger partial charge in [-0.05, 0) is 60.5 Å². The second-order valence-electron chi connectivity index (χ2n) is 16.6. The van der Waals surface area contributed by atoms with Crippen molar-refractivity contribution >= 4 is 59.2 Å². The molecule has 9 rings (SSSR count). The molecule has 1 fully saturated rings. The van der Waals surface area contributed by atoms with Crippen LogP contribution in [-0.4, -0.2) is 43.3 Å². The summed E-state index contributed by atoms with van der Waals surface area (Å²) in [5.74, 6) is -2.02. The standard InChI is InChI=1S/C20H18N6O10.2C18H15P.Ru/c27-19-11(5-13(23(29)30)7-17(19)25(33)34)9-21-15-3-1-2-4-16(15)22-10-12-6-14(24(31)32)8-18(20(12)28)26(35)36;2*1-4-10-16(11-5-1)19(17-12-6-2-7-13-17)18-14-8-3-9-15-18;/h5-10,15-16,21-22H,1-4H2;2*1-15H;/b11-9-,12-10-;;;/t15-,16-;;;/m1.../s1. The van der Waals surface area contributed by atoms with E-state index in [9.17, 15) is 50.0 Å². The molecule has 0 unspecified atom stereocenters. The summed E-state index contributed by atoms with van der Waals surface area (Å²) >= 11 is 0. The SMILES string of the molecule is O=C1C([N+](=O)[O-])=CC([N+](=O)[O-])=C/C1=C/N[C@@H]1CCCC[C@H]1N/C=C1/C=C([N+](=O)[O-])C=C([N+](=O)[O-])C1=O.[Ru].c1ccc(P(c2ccccc2)c2ccccc2)cc1.c1ccc(P(c2ccccc2)c2ccccc2)cc1. The molecule has 0 amide bonds. The predicted octanol–water partition coefficient (Wildman–Crippen LogP) is 7.94. The van der Waals surface area contributed by atoms with Crippen LogP contribution in [0.1, 0.15) is 25.7 Å². The van der Waals surface area contributed by atoms with E-state index in [-0.39, 0.29) is 30.6 Å². The van der Waals surface area contributed by atoms with Gasteiger partial charge in [0.05, 0.1) is 43.0 Å². The molecule has 0 radical (unpaired) electrons. The molecule has 0 saturated heterocycles. The number of nitrogens with one attached hydrogen (secondary N) is 2. The third-order valence-electron chi connectivity index (χ3n) is 11.7. The van der Waals surface area contributed by atoms with Crippen LogP contribution in [0.2, 0.25) is 0 Å². The number of nitro groups is 4. The van der Waals surface area contributed by atoms with Gasteiger partial charge in [-0.2, -0.15) is 0 Å². The summed E-state index contributed by atoms with van der Waals surface area (Å²) in [5, 5.41) is 58.7. The van der Waals surface area contributed by atoms with Gasteiger partial charge in [0.25, 0.3) is 23.0 Å². The fraction of sp³-hybridized carbons (Fsp3) is 0.107. The van der Waals surface area contributed by atoms with Crippen molar-refractivity contribution in [3.8, 4) is 0 Å². The van der Waals surface area contributed by atoms with Crippen LogP contribution in [0.3, 0.4) is 0 Å². The molecule has 3 aliphatic carbocycles. The Morgan fingerprint density at radius 1 is 0.387 bits per heavy atom. The molecular weight excluding hydrogens is 1080 g/mol. The quantitative estimate of drug-likeness (QED) is 0.0348. The van der Waals surface area contributed by atoms with E-state index in [1.807, 2.05) is 0 Å². The first-order valence-corrected chi connectivity index (χ1v) is 25.9. The van der Waals surface area contributed by atoms with Crippen molar-refractivity contribution in [2.75, 3.05) is 0 Å². The summed E-state index contributed by atoms with van der Waals surface area (Å²) in [7, 11) is -0.892. The minimum absolute atomic E-state index is 0. The number of allylic oxidation sites excluding steroid dienone is 6. The first-order chi connectivity index (χ1) is 35.9. The number of hydrogen-bond acceptors (Lipinski definition) is 12. The van der Waals surface area contributed by atoms with E-state index in [4.69, 9.17) is 0 Å². The summed E-state index contributed by atoms with van der Waals surface area (Å²) in [5.41, 5.74) is -3.73. The first-order valence-electron chi connectivity index (χ1n) is 23.3. The van der Waals surface area contributed by atoms with Crippen LogP contribution in [0.15, 0.2) is 253 Å². The molecule has 2 N–H and O–H groups in total. The molecule has 75 heavy (non-hydrogen) atoms. The number of rotatable bonds is 14. The normalized spacial score (nSPS) is 17.0. The van der Waals surface area contributed by atoms with Gasteiger partial charge in [-0.3, -0.25) is 50.0 Å². The fourth-order valence-electron chi connectivity index (χ4n) is 8.22. The van der Waals surface area contributed by atoms with Gasteiger partial charge in [-0.1, -0.05) is 195 Å². The molecule has 3 aliphatic rings. The van der Waals surface area contributed by atoms with Crippen LogP contribution in [0.5, 0.6) is 0 Å². The van der Waals surface area contributed by atoms with E-state index in [0.717, 1.165) is 37.4 Å². The Bertz CT molecular complexity index is 2780. The maximum atomic E-state index is 12.4. The zero-order valence-corrected chi connectivity index (χ0v) is 43.4. The average molecular weight is 1130 g/mol. The number of Topliss-reactive ketones (excluding diaryl/α,β-unsaturated/α-hetero) is 2. The summed E-state index contributed by atoms with van der Waals surface area (Å²) in [6, 6.07) is 63.8. The van der Waals surface area contributed by atoms with E-state index >= 15 is 0 Å². The number of ketones is 2. The van der Waals surface area contributed by atoms with Gasteiger partial charge in [-0.15, -0.1) is 0 Å². The van der Waals surface area contributed by atoms with Gasteiger partial charge >= 0.3 is 11.4 Å². The molecule has 0 aliphatic heterocycles. The van der Waals surface area contributed by atoms with Crippen LogP contribution in [0, 0.1) is 40.5 Å². The zero-order valence-electron chi connectivity index (χ0n) is 39.9. The van der Waals surface area contributed by atoms with Crippen molar-refractivity contribution in [2.45, 2.75) is 37.8 Å². The van der Waals surface area contributed by atoms with Crippen molar-refractivity contribution in [3.63, 3.8) is 0 Å². The molecule has 380 valence electrons. The summed E-state index contributed by atoms with van der Waals surface area (Å²) in [4.78, 5) is 65.4. The van der Waals surface area contributed by atoms with Gasteiger partial charge in [0.1, 0.15) is 0 Å². The minimum atomic E-state index is -1.01. The number of carbonyl (C=O) groups excluding carboxylic acids is 2. The van der Waals surface area contributed by atoms with E-state index in [1.54, 1.807) is 0 Å². The van der Waals surface area contributed by atoms with Crippen LogP contribution in [-0.2, 0) is 29.1 Å². The van der Waals surface area contributed by atoms with E-state index in [1.165, 1.54) is 31.8 Å². The van der Waals surface area contributed by atoms with Gasteiger partial charge < -0.3 is 10.6 Å². The molecule has 2 atom stereocenters. The van der Waals surface area contributed by atoms with E-state index < -0.39 is 82.0 Å². The second kappa shape index (κ2) is 27.7. The maximum Gasteiger partial charge on any atom is 0.323 e. The largest absolute Gasteiger partial charge is 0.385 e. The average Bonchev–Trinajstić information content (AvgIpc) is 3.43. The summed E-state index contributed by atoms with van der Waals surface area (Å²) in [6.45, 7) is 0. The Balaban J connectivity index is 0.000000197. The topological polar surface area (TPSA) is 231 Å². The van der Waals surface area contributed by atoms with E-state index in [2.05, 4.69) is 193 Å². The van der Waals surface area contributed by atoms with Gasteiger partial charge in [-0.25, -0.2) is 0 Å². The molecule has 0 spiro atoms. The number of nitrogens with zero attached hydrogens (tertiary/aromatic N) is 4. The minimum Gasteiger partial charge on any atom is -0.385 e. The molecule has 0 heterocycles. The molecule has 19 heteroatoms. The van der Waals surface area contributed by atoms with Crippen molar-refractivity contribution < 1.29 is 48.8 Å². The number of benzene rings is 6. The smallest absolute Gasteiger partial charge is 0.323 e. The zero-order chi connectivity index (χ0) is 52.4. The first kappa shape index (κ1) is 56.1. The second-order valence-corrected chi connectivity index (χ2v) is 21.0. The molecule has 0 aromatic heterocycles. The van der Waals surface area contributed by atoms with Gasteiger partial charge in [0.15, 0.2) is 0 Å². The van der Waals surface area contributed by atoms with Gasteiger partial charge in [0, 0.05) is 56.1 Å².